The first-order valence-electron chi connectivity index (χ1n) is 8.71. The summed E-state index contributed by atoms with van der Waals surface area (Å²) in [6, 6.07) is 0.199. The summed E-state index contributed by atoms with van der Waals surface area (Å²) < 4.78 is 1.97. The smallest absolute Gasteiger partial charge is 0.243 e. The van der Waals surface area contributed by atoms with Crippen LogP contribution < -0.4 is 10.6 Å². The molecule has 1 amide bonds. The number of guanidine groups is 1. The second-order valence-electron chi connectivity index (χ2n) is 6.62. The van der Waals surface area contributed by atoms with Crippen molar-refractivity contribution in [3.63, 3.8) is 0 Å². The molecule has 0 radical (unpaired) electrons. The molecule has 9 heteroatoms. The van der Waals surface area contributed by atoms with E-state index in [1.54, 1.807) is 14.1 Å². The highest BCUT2D eigenvalue weighted by atomic mass is 127. The molecule has 0 saturated carbocycles. The van der Waals surface area contributed by atoms with Gasteiger partial charge in [-0.1, -0.05) is 19.1 Å². The fourth-order valence-corrected chi connectivity index (χ4v) is 2.50. The summed E-state index contributed by atoms with van der Waals surface area (Å²) in [4.78, 5) is 22.3. The van der Waals surface area contributed by atoms with Gasteiger partial charge in [0.05, 0.1) is 6.54 Å². The Labute approximate surface area is 172 Å². The zero-order valence-electron chi connectivity index (χ0n) is 16.1. The molecule has 1 aliphatic heterocycles. The molecule has 0 aliphatic carbocycles. The number of hydrogen-bond donors (Lipinski definition) is 2. The predicted octanol–water partition coefficient (Wildman–Crippen LogP) is 0.973. The van der Waals surface area contributed by atoms with E-state index in [-0.39, 0.29) is 42.5 Å². The van der Waals surface area contributed by atoms with Crippen LogP contribution in [-0.4, -0.2) is 64.8 Å². The fraction of sp³-hybridized carbons (Fsp3) is 0.647. The van der Waals surface area contributed by atoms with Crippen LogP contribution in [0, 0.1) is 0 Å². The minimum atomic E-state index is -0.0359. The lowest BCUT2D eigenvalue weighted by atomic mass is 10.1. The number of carbonyl (C=O) groups is 1. The first-order valence-corrected chi connectivity index (χ1v) is 8.71. The van der Waals surface area contributed by atoms with Crippen LogP contribution in [0.3, 0.4) is 0 Å². The number of fused-ring (bicyclic) bond motifs is 1. The van der Waals surface area contributed by atoms with Crippen molar-refractivity contribution in [2.24, 2.45) is 4.99 Å². The Morgan fingerprint density at radius 2 is 2.19 bits per heavy atom. The van der Waals surface area contributed by atoms with Crippen molar-refractivity contribution >= 4 is 35.8 Å². The highest BCUT2D eigenvalue weighted by Crippen LogP contribution is 2.13. The lowest BCUT2D eigenvalue weighted by molar-refractivity contribution is -0.127. The first-order chi connectivity index (χ1) is 11.9. The van der Waals surface area contributed by atoms with Crippen LogP contribution in [0.5, 0.6) is 0 Å². The van der Waals surface area contributed by atoms with Gasteiger partial charge in [0.1, 0.15) is 12.4 Å². The van der Waals surface area contributed by atoms with Crippen LogP contribution in [0.2, 0.25) is 0 Å². The van der Waals surface area contributed by atoms with E-state index in [4.69, 9.17) is 0 Å². The van der Waals surface area contributed by atoms with Crippen LogP contribution in [0.1, 0.15) is 31.9 Å². The Kier molecular flexibility index (Phi) is 9.03. The molecule has 1 aliphatic rings. The summed E-state index contributed by atoms with van der Waals surface area (Å²) in [5, 5.41) is 11.2. The second kappa shape index (κ2) is 10.5. The van der Waals surface area contributed by atoms with Gasteiger partial charge >= 0.3 is 0 Å². The van der Waals surface area contributed by atoms with E-state index in [2.05, 4.69) is 39.2 Å². The number of aryl methyl sites for hydroxylation is 2. The predicted molar refractivity (Wildman–Crippen MR) is 114 cm³/mol. The Hall–Kier alpha value is -1.65. The van der Waals surface area contributed by atoms with Gasteiger partial charge in [-0.25, -0.2) is 14.7 Å². The molecule has 146 valence electrons. The molecule has 0 fully saturated rings. The van der Waals surface area contributed by atoms with E-state index in [1.807, 2.05) is 11.6 Å². The van der Waals surface area contributed by atoms with Crippen molar-refractivity contribution < 1.29 is 4.79 Å². The Bertz CT molecular complexity index is 654. The summed E-state index contributed by atoms with van der Waals surface area (Å²) in [6.07, 6.45) is 2.68. The maximum atomic E-state index is 11.8. The largest absolute Gasteiger partial charge is 0.353 e. The molecule has 8 nitrogen and oxygen atoms in total. The molecule has 0 bridgehead atoms. The van der Waals surface area contributed by atoms with Gasteiger partial charge in [-0.3, -0.25) is 4.79 Å². The Balaban J connectivity index is 0.00000338. The lowest BCUT2D eigenvalue weighted by Gasteiger charge is -2.25. The van der Waals surface area contributed by atoms with E-state index in [0.717, 1.165) is 43.0 Å². The average Bonchev–Trinajstić information content (AvgIpc) is 2.99. The van der Waals surface area contributed by atoms with Crippen molar-refractivity contribution in [2.45, 2.75) is 45.7 Å². The van der Waals surface area contributed by atoms with E-state index in [9.17, 15) is 4.79 Å². The van der Waals surface area contributed by atoms with Crippen molar-refractivity contribution in [1.82, 2.24) is 30.3 Å². The summed E-state index contributed by atoms with van der Waals surface area (Å²) >= 11 is 0. The van der Waals surface area contributed by atoms with Crippen LogP contribution in [0.4, 0.5) is 0 Å². The number of rotatable bonds is 6. The first kappa shape index (κ1) is 22.4. The standard InChI is InChI=1S/C17H29N7O.HI/c1-6-14-21-15-8-7-13(11-24(15)22-14)20-17(18-9-12(2)3)19-10-16(25)23(4)5;/h13H,2,6-11H2,1,3-5H3,(H2,18,19,20);1H. The van der Waals surface area contributed by atoms with Gasteiger partial charge in [0.15, 0.2) is 11.8 Å². The number of carbonyl (C=O) groups excluding carboxylic acids is 1. The maximum Gasteiger partial charge on any atom is 0.243 e. The van der Waals surface area contributed by atoms with Crippen molar-refractivity contribution in [1.29, 1.82) is 0 Å². The summed E-state index contributed by atoms with van der Waals surface area (Å²) in [5.41, 5.74) is 1.00. The Morgan fingerprint density at radius 3 is 2.81 bits per heavy atom. The fourth-order valence-electron chi connectivity index (χ4n) is 2.50. The van der Waals surface area contributed by atoms with Gasteiger partial charge in [-0.05, 0) is 13.3 Å². The zero-order chi connectivity index (χ0) is 18.4. The number of aliphatic imine (C=N–C) groups is 1. The summed E-state index contributed by atoms with van der Waals surface area (Å²) in [6.45, 7) is 9.38. The second-order valence-corrected chi connectivity index (χ2v) is 6.62. The number of likely N-dealkylation sites (N-methyl/N-ethyl adjacent to an activating group) is 1. The molecule has 0 aromatic carbocycles. The normalized spacial score (nSPS) is 16.3. The molecule has 1 aromatic rings. The van der Waals surface area contributed by atoms with E-state index >= 15 is 0 Å². The van der Waals surface area contributed by atoms with Gasteiger partial charge in [-0.2, -0.15) is 5.10 Å². The molecular weight excluding hydrogens is 445 g/mol. The third-order valence-corrected chi connectivity index (χ3v) is 3.99. The van der Waals surface area contributed by atoms with Gasteiger partial charge in [-0.15, -0.1) is 24.0 Å². The van der Waals surface area contributed by atoms with Crippen molar-refractivity contribution in [2.75, 3.05) is 27.2 Å². The number of nitrogens with zero attached hydrogens (tertiary/aromatic N) is 5. The molecule has 2 N–H and O–H groups in total. The van der Waals surface area contributed by atoms with Gasteiger partial charge in [0.25, 0.3) is 0 Å². The quantitative estimate of drug-likeness (QED) is 0.277. The minimum absolute atomic E-state index is 0. The number of hydrogen-bond acceptors (Lipinski definition) is 4. The van der Waals surface area contributed by atoms with E-state index in [0.29, 0.717) is 12.5 Å². The molecule has 0 saturated heterocycles. The number of nitrogens with one attached hydrogen (secondary N) is 2. The highest BCUT2D eigenvalue weighted by molar-refractivity contribution is 14.0. The minimum Gasteiger partial charge on any atom is -0.353 e. The van der Waals surface area contributed by atoms with E-state index in [1.165, 1.54) is 4.90 Å². The summed E-state index contributed by atoms with van der Waals surface area (Å²) in [5.74, 6) is 2.53. The number of amides is 1. The van der Waals surface area contributed by atoms with Gasteiger partial charge in [0, 0.05) is 39.5 Å². The third kappa shape index (κ3) is 6.58. The lowest BCUT2D eigenvalue weighted by Crippen LogP contribution is -2.47. The molecule has 2 heterocycles. The zero-order valence-corrected chi connectivity index (χ0v) is 18.4. The van der Waals surface area contributed by atoms with Crippen LogP contribution in [0.15, 0.2) is 17.1 Å². The topological polar surface area (TPSA) is 87.4 Å². The summed E-state index contributed by atoms with van der Waals surface area (Å²) in [7, 11) is 3.45. The molecule has 1 atom stereocenters. The van der Waals surface area contributed by atoms with Gasteiger partial charge in [0.2, 0.25) is 5.91 Å². The highest BCUT2D eigenvalue weighted by Gasteiger charge is 2.22. The molecule has 2 rings (SSSR count). The van der Waals surface area contributed by atoms with Crippen molar-refractivity contribution in [3.8, 4) is 0 Å². The Morgan fingerprint density at radius 1 is 1.46 bits per heavy atom. The van der Waals surface area contributed by atoms with Gasteiger partial charge < -0.3 is 15.5 Å². The molecule has 0 spiro atoms. The van der Waals surface area contributed by atoms with E-state index < -0.39 is 0 Å². The molecule has 26 heavy (non-hydrogen) atoms. The maximum absolute atomic E-state index is 11.8. The third-order valence-electron chi connectivity index (χ3n) is 3.99. The van der Waals surface area contributed by atoms with Crippen LogP contribution >= 0.6 is 24.0 Å². The average molecular weight is 475 g/mol. The number of aromatic nitrogens is 3. The molecular formula is C17H30IN7O. The molecule has 1 aromatic heterocycles. The molecule has 1 unspecified atom stereocenters. The van der Waals surface area contributed by atoms with Crippen LogP contribution in [0.25, 0.3) is 0 Å². The van der Waals surface area contributed by atoms with Crippen LogP contribution in [-0.2, 0) is 24.2 Å². The SMILES string of the molecule is C=C(C)CNC(=NCC(=O)N(C)C)NC1CCc2nc(CC)nn2C1.I. The number of halogens is 1. The van der Waals surface area contributed by atoms with Crippen molar-refractivity contribution in [3.05, 3.63) is 23.8 Å². The monoisotopic (exact) mass is 475 g/mol.